The molecule has 2 amide bonds. The van der Waals surface area contributed by atoms with E-state index < -0.39 is 22.9 Å². The highest BCUT2D eigenvalue weighted by molar-refractivity contribution is 5.84. The van der Waals surface area contributed by atoms with E-state index in [2.05, 4.69) is 10.3 Å². The number of hydrogen-bond acceptors (Lipinski definition) is 4. The third-order valence-electron chi connectivity index (χ3n) is 6.02. The van der Waals surface area contributed by atoms with Gasteiger partial charge in [0, 0.05) is 25.2 Å². The number of amides is 2. The lowest BCUT2D eigenvalue weighted by Gasteiger charge is -2.27. The van der Waals surface area contributed by atoms with Crippen LogP contribution in [0.4, 0.5) is 18.0 Å². The fourth-order valence-electron chi connectivity index (χ4n) is 4.56. The van der Waals surface area contributed by atoms with Crippen molar-refractivity contribution in [2.45, 2.75) is 51.9 Å². The van der Waals surface area contributed by atoms with E-state index in [0.717, 1.165) is 6.07 Å². The molecule has 0 bridgehead atoms. The van der Waals surface area contributed by atoms with Gasteiger partial charge in [-0.25, -0.2) is 9.78 Å². The Labute approximate surface area is 183 Å². The number of halogens is 3. The van der Waals surface area contributed by atoms with Crippen molar-refractivity contribution in [2.75, 3.05) is 13.1 Å². The zero-order valence-corrected chi connectivity index (χ0v) is 18.7. The molecule has 1 aliphatic heterocycles. The number of carbonyl (C=O) groups is 2. The van der Waals surface area contributed by atoms with Crippen LogP contribution < -0.4 is 5.32 Å². The molecule has 2 fully saturated rings. The van der Waals surface area contributed by atoms with Crippen LogP contribution in [0.1, 0.15) is 46.0 Å². The maximum atomic E-state index is 13.3. The highest BCUT2D eigenvalue weighted by Crippen LogP contribution is 2.52. The van der Waals surface area contributed by atoms with Crippen LogP contribution in [0.25, 0.3) is 5.52 Å². The number of fused-ring (bicyclic) bond motifs is 2. The Hall–Kier alpha value is -2.78. The summed E-state index contributed by atoms with van der Waals surface area (Å²) >= 11 is 0. The van der Waals surface area contributed by atoms with E-state index in [1.165, 1.54) is 22.9 Å². The van der Waals surface area contributed by atoms with E-state index in [-0.39, 0.29) is 35.3 Å². The Bertz CT molecular complexity index is 1060. The molecule has 4 rings (SSSR count). The SMILES string of the molecule is CC(C)(C)OC(=O)N1C[C@@H]2C(C(=O)NC(C)(C)c3ncc4c(C(F)(F)F)cccn34)[C@@H]2C1. The quantitative estimate of drug-likeness (QED) is 0.768. The monoisotopic (exact) mass is 452 g/mol. The van der Waals surface area contributed by atoms with Crippen LogP contribution in [-0.2, 0) is 21.2 Å². The number of likely N-dealkylation sites (tertiary alicyclic amines) is 1. The van der Waals surface area contributed by atoms with Gasteiger partial charge in [0.2, 0.25) is 5.91 Å². The number of rotatable bonds is 3. The van der Waals surface area contributed by atoms with Gasteiger partial charge in [-0.05, 0) is 58.6 Å². The molecule has 32 heavy (non-hydrogen) atoms. The van der Waals surface area contributed by atoms with E-state index in [1.54, 1.807) is 39.5 Å². The molecule has 3 heterocycles. The van der Waals surface area contributed by atoms with Crippen LogP contribution in [0.2, 0.25) is 0 Å². The summed E-state index contributed by atoms with van der Waals surface area (Å²) in [6, 6.07) is 2.32. The first-order valence-electron chi connectivity index (χ1n) is 10.5. The summed E-state index contributed by atoms with van der Waals surface area (Å²) in [7, 11) is 0. The Balaban J connectivity index is 1.44. The lowest BCUT2D eigenvalue weighted by atomic mass is 10.0. The molecule has 1 saturated heterocycles. The molecule has 174 valence electrons. The molecule has 0 radical (unpaired) electrons. The van der Waals surface area contributed by atoms with Crippen molar-refractivity contribution in [3.8, 4) is 0 Å². The molecule has 0 spiro atoms. The Morgan fingerprint density at radius 1 is 1.12 bits per heavy atom. The van der Waals surface area contributed by atoms with E-state index in [9.17, 15) is 22.8 Å². The first-order chi connectivity index (χ1) is 14.7. The van der Waals surface area contributed by atoms with Gasteiger partial charge in [0.05, 0.1) is 22.8 Å². The summed E-state index contributed by atoms with van der Waals surface area (Å²) in [4.78, 5) is 31.0. The summed E-state index contributed by atoms with van der Waals surface area (Å²) in [6.07, 6.45) is -2.20. The first-order valence-corrected chi connectivity index (χ1v) is 10.5. The van der Waals surface area contributed by atoms with Crippen LogP contribution >= 0.6 is 0 Å². The van der Waals surface area contributed by atoms with E-state index >= 15 is 0 Å². The summed E-state index contributed by atoms with van der Waals surface area (Å²) in [5.41, 5.74) is -2.41. The molecule has 10 heteroatoms. The number of aromatic nitrogens is 2. The largest absolute Gasteiger partial charge is 0.444 e. The standard InChI is InChI=1S/C22H27F3N4O3/c1-20(2,3)32-19(31)28-10-12-13(11-28)16(12)17(30)27-21(4,5)18-26-9-15-14(22(23,24)25)7-6-8-29(15)18/h6-9,12-13,16H,10-11H2,1-5H3,(H,27,30)/t12-,13+,16?. The predicted octanol–water partition coefficient (Wildman–Crippen LogP) is 3.82. The zero-order valence-electron chi connectivity index (χ0n) is 18.7. The second-order valence-electron chi connectivity index (χ2n) is 10.1. The van der Waals surface area contributed by atoms with Crippen LogP contribution in [0.3, 0.4) is 0 Å². The van der Waals surface area contributed by atoms with Gasteiger partial charge >= 0.3 is 12.3 Å². The number of hydrogen-bond donors (Lipinski definition) is 1. The van der Waals surface area contributed by atoms with Crippen molar-refractivity contribution in [3.05, 3.63) is 35.9 Å². The number of ether oxygens (including phenoxy) is 1. The summed E-state index contributed by atoms with van der Waals surface area (Å²) in [5.74, 6) is 0.0231. The molecular formula is C22H27F3N4O3. The minimum Gasteiger partial charge on any atom is -0.444 e. The molecular weight excluding hydrogens is 425 g/mol. The second kappa shape index (κ2) is 7.11. The van der Waals surface area contributed by atoms with E-state index in [0.29, 0.717) is 18.9 Å². The van der Waals surface area contributed by atoms with Gasteiger partial charge in [-0.1, -0.05) is 0 Å². The molecule has 1 saturated carbocycles. The van der Waals surface area contributed by atoms with Crippen molar-refractivity contribution < 1.29 is 27.5 Å². The highest BCUT2D eigenvalue weighted by Gasteiger charge is 2.61. The topological polar surface area (TPSA) is 75.9 Å². The highest BCUT2D eigenvalue weighted by atomic mass is 19.4. The second-order valence-corrected chi connectivity index (χ2v) is 10.1. The molecule has 1 aliphatic carbocycles. The van der Waals surface area contributed by atoms with Gasteiger partial charge in [0.25, 0.3) is 0 Å². The van der Waals surface area contributed by atoms with E-state index in [1.807, 2.05) is 0 Å². The molecule has 1 unspecified atom stereocenters. The smallest absolute Gasteiger partial charge is 0.418 e. The molecule has 2 aromatic heterocycles. The first kappa shape index (κ1) is 22.4. The number of nitrogens with zero attached hydrogens (tertiary/aromatic N) is 3. The van der Waals surface area contributed by atoms with Gasteiger partial charge in [-0.3, -0.25) is 4.79 Å². The zero-order chi connectivity index (χ0) is 23.6. The van der Waals surface area contributed by atoms with Gasteiger partial charge in [0.15, 0.2) is 0 Å². The minimum atomic E-state index is -4.50. The van der Waals surface area contributed by atoms with Crippen molar-refractivity contribution in [1.29, 1.82) is 0 Å². The Morgan fingerprint density at radius 3 is 2.31 bits per heavy atom. The summed E-state index contributed by atoms with van der Waals surface area (Å²) in [6.45, 7) is 9.75. The number of alkyl halides is 3. The third-order valence-corrected chi connectivity index (χ3v) is 6.02. The number of piperidine rings is 1. The van der Waals surface area contributed by atoms with Crippen molar-refractivity contribution >= 4 is 17.5 Å². The molecule has 1 N–H and O–H groups in total. The lowest BCUT2D eigenvalue weighted by Crippen LogP contribution is -2.45. The number of pyridine rings is 1. The fourth-order valence-corrected chi connectivity index (χ4v) is 4.56. The molecule has 0 aromatic carbocycles. The number of carbonyl (C=O) groups excluding carboxylic acids is 2. The van der Waals surface area contributed by atoms with Gasteiger partial charge in [0.1, 0.15) is 11.4 Å². The normalized spacial score (nSPS) is 23.2. The van der Waals surface area contributed by atoms with Gasteiger partial charge < -0.3 is 19.4 Å². The van der Waals surface area contributed by atoms with Crippen LogP contribution in [0.15, 0.2) is 24.5 Å². The maximum Gasteiger partial charge on any atom is 0.418 e. The average molecular weight is 452 g/mol. The summed E-state index contributed by atoms with van der Waals surface area (Å²) < 4.78 is 46.7. The Kier molecular flexibility index (Phi) is 4.98. The van der Waals surface area contributed by atoms with Gasteiger partial charge in [-0.2, -0.15) is 13.2 Å². The molecule has 7 nitrogen and oxygen atoms in total. The van der Waals surface area contributed by atoms with Crippen LogP contribution in [0.5, 0.6) is 0 Å². The van der Waals surface area contributed by atoms with Crippen molar-refractivity contribution in [3.63, 3.8) is 0 Å². The molecule has 2 aliphatic rings. The predicted molar refractivity (Wildman–Crippen MR) is 110 cm³/mol. The number of nitrogens with one attached hydrogen (secondary N) is 1. The van der Waals surface area contributed by atoms with E-state index in [4.69, 9.17) is 4.74 Å². The molecule has 3 atom stereocenters. The third kappa shape index (κ3) is 4.02. The Morgan fingerprint density at radius 2 is 1.75 bits per heavy atom. The number of imidazole rings is 1. The minimum absolute atomic E-state index is 0.0615. The lowest BCUT2D eigenvalue weighted by molar-refractivity contribution is -0.136. The maximum absolute atomic E-state index is 13.3. The van der Waals surface area contributed by atoms with Crippen LogP contribution in [-0.4, -0.2) is 45.0 Å². The molecule has 2 aromatic rings. The van der Waals surface area contributed by atoms with Crippen LogP contribution in [0, 0.1) is 17.8 Å². The van der Waals surface area contributed by atoms with Gasteiger partial charge in [-0.15, -0.1) is 0 Å². The average Bonchev–Trinajstić information content (AvgIpc) is 3.00. The fraction of sp³-hybridized carbons (Fsp3) is 0.591. The van der Waals surface area contributed by atoms with Crippen molar-refractivity contribution in [2.24, 2.45) is 17.8 Å². The van der Waals surface area contributed by atoms with Crippen molar-refractivity contribution in [1.82, 2.24) is 19.6 Å². The summed E-state index contributed by atoms with van der Waals surface area (Å²) in [5, 5.41) is 2.94.